The van der Waals surface area contributed by atoms with E-state index in [0.717, 1.165) is 16.6 Å². The molecule has 0 spiro atoms. The number of hydrogen-bond donors (Lipinski definition) is 0. The van der Waals surface area contributed by atoms with Crippen molar-refractivity contribution in [2.75, 3.05) is 7.05 Å². The van der Waals surface area contributed by atoms with Gasteiger partial charge in [0.25, 0.3) is 0 Å². The lowest BCUT2D eigenvalue weighted by Gasteiger charge is -2.18. The fourth-order valence-corrected chi connectivity index (χ4v) is 2.80. The minimum Gasteiger partial charge on any atom is -0.298 e. The van der Waals surface area contributed by atoms with Gasteiger partial charge in [0.05, 0.1) is 4.47 Å². The number of nitrogens with zero attached hydrogens (tertiary/aromatic N) is 1. The first-order valence-corrected chi connectivity index (χ1v) is 7.51. The summed E-state index contributed by atoms with van der Waals surface area (Å²) < 4.78 is 15.1. The van der Waals surface area contributed by atoms with Gasteiger partial charge in [-0.3, -0.25) is 4.90 Å². The predicted molar refractivity (Wildman–Crippen MR) is 83.4 cm³/mol. The monoisotopic (exact) mass is 385 g/mol. The number of halogens is 3. The summed E-state index contributed by atoms with van der Waals surface area (Å²) in [4.78, 5) is 2.15. The van der Waals surface area contributed by atoms with Gasteiger partial charge < -0.3 is 0 Å². The second-order valence-electron chi connectivity index (χ2n) is 4.52. The first-order chi connectivity index (χ1) is 9.06. The van der Waals surface area contributed by atoms with Gasteiger partial charge >= 0.3 is 0 Å². The summed E-state index contributed by atoms with van der Waals surface area (Å²) in [6, 6.07) is 13.3. The summed E-state index contributed by atoms with van der Waals surface area (Å²) in [7, 11) is 2.03. The van der Waals surface area contributed by atoms with E-state index in [4.69, 9.17) is 0 Å². The molecule has 2 rings (SSSR count). The molecule has 0 bridgehead atoms. The molecule has 0 unspecified atom stereocenters. The zero-order valence-electron chi connectivity index (χ0n) is 10.5. The highest BCUT2D eigenvalue weighted by molar-refractivity contribution is 9.10. The Morgan fingerprint density at radius 3 is 2.53 bits per heavy atom. The molecular formula is C15H14Br2FN. The van der Waals surface area contributed by atoms with E-state index in [1.54, 1.807) is 6.07 Å². The van der Waals surface area contributed by atoms with Crippen LogP contribution in [0.5, 0.6) is 0 Å². The Kier molecular flexibility index (Phi) is 5.13. The molecule has 1 nitrogen and oxygen atoms in total. The van der Waals surface area contributed by atoms with Gasteiger partial charge in [-0.05, 0) is 52.3 Å². The molecule has 0 N–H and O–H groups in total. The second kappa shape index (κ2) is 6.64. The van der Waals surface area contributed by atoms with Gasteiger partial charge in [0.15, 0.2) is 0 Å². The quantitative estimate of drug-likeness (QED) is 0.715. The first-order valence-electron chi connectivity index (χ1n) is 5.92. The van der Waals surface area contributed by atoms with Crippen LogP contribution in [0.2, 0.25) is 0 Å². The van der Waals surface area contributed by atoms with Crippen LogP contribution in [0.4, 0.5) is 4.39 Å². The molecule has 0 aromatic heterocycles. The van der Waals surface area contributed by atoms with Gasteiger partial charge in [-0.2, -0.15) is 0 Å². The SMILES string of the molecule is CN(Cc1cccc(Br)c1)Cc1cccc(F)c1Br. The van der Waals surface area contributed by atoms with Gasteiger partial charge in [-0.25, -0.2) is 4.39 Å². The molecule has 0 aliphatic rings. The largest absolute Gasteiger partial charge is 0.298 e. The molecule has 0 aliphatic carbocycles. The molecule has 100 valence electrons. The van der Waals surface area contributed by atoms with E-state index in [0.29, 0.717) is 11.0 Å². The highest BCUT2D eigenvalue weighted by Crippen LogP contribution is 2.22. The average molecular weight is 387 g/mol. The van der Waals surface area contributed by atoms with Crippen LogP contribution in [-0.4, -0.2) is 11.9 Å². The number of benzene rings is 2. The van der Waals surface area contributed by atoms with E-state index in [9.17, 15) is 4.39 Å². The molecule has 0 fully saturated rings. The fraction of sp³-hybridized carbons (Fsp3) is 0.200. The standard InChI is InChI=1S/C15H14Br2FN/c1-19(9-11-4-2-6-13(16)8-11)10-12-5-3-7-14(18)15(12)17/h2-8H,9-10H2,1H3. The van der Waals surface area contributed by atoms with Gasteiger partial charge in [-0.1, -0.05) is 40.2 Å². The van der Waals surface area contributed by atoms with Crippen LogP contribution in [0.1, 0.15) is 11.1 Å². The maximum atomic E-state index is 13.4. The van der Waals surface area contributed by atoms with Crippen LogP contribution < -0.4 is 0 Å². The Labute approximate surface area is 129 Å². The first kappa shape index (κ1) is 14.7. The molecule has 0 amide bonds. The fourth-order valence-electron chi connectivity index (χ4n) is 1.96. The van der Waals surface area contributed by atoms with E-state index < -0.39 is 0 Å². The zero-order chi connectivity index (χ0) is 13.8. The lowest BCUT2D eigenvalue weighted by atomic mass is 10.2. The third kappa shape index (κ3) is 4.13. The Morgan fingerprint density at radius 1 is 1.05 bits per heavy atom. The minimum atomic E-state index is -0.214. The molecule has 2 aromatic carbocycles. The van der Waals surface area contributed by atoms with Crippen LogP contribution in [0.25, 0.3) is 0 Å². The van der Waals surface area contributed by atoms with Crippen LogP contribution in [-0.2, 0) is 13.1 Å². The van der Waals surface area contributed by atoms with E-state index >= 15 is 0 Å². The molecule has 0 saturated heterocycles. The Bertz CT molecular complexity index is 572. The van der Waals surface area contributed by atoms with Gasteiger partial charge in [0.2, 0.25) is 0 Å². The highest BCUT2D eigenvalue weighted by atomic mass is 79.9. The maximum absolute atomic E-state index is 13.4. The zero-order valence-corrected chi connectivity index (χ0v) is 13.7. The Balaban J connectivity index is 2.05. The summed E-state index contributed by atoms with van der Waals surface area (Å²) in [6.45, 7) is 1.52. The lowest BCUT2D eigenvalue weighted by molar-refractivity contribution is 0.318. The number of rotatable bonds is 4. The Hall–Kier alpha value is -0.710. The van der Waals surface area contributed by atoms with Crippen LogP contribution in [0.3, 0.4) is 0 Å². The topological polar surface area (TPSA) is 3.24 Å². The van der Waals surface area contributed by atoms with Crippen molar-refractivity contribution < 1.29 is 4.39 Å². The highest BCUT2D eigenvalue weighted by Gasteiger charge is 2.08. The van der Waals surface area contributed by atoms with Crippen LogP contribution in [0.15, 0.2) is 51.4 Å². The van der Waals surface area contributed by atoms with Crippen molar-refractivity contribution in [3.63, 3.8) is 0 Å². The summed E-state index contributed by atoms with van der Waals surface area (Å²) in [6.07, 6.45) is 0. The van der Waals surface area contributed by atoms with Crippen molar-refractivity contribution in [3.8, 4) is 0 Å². The number of hydrogen-bond acceptors (Lipinski definition) is 1. The van der Waals surface area contributed by atoms with E-state index in [1.165, 1.54) is 11.6 Å². The third-order valence-electron chi connectivity index (χ3n) is 2.81. The van der Waals surface area contributed by atoms with Gasteiger partial charge in [0, 0.05) is 17.6 Å². The van der Waals surface area contributed by atoms with E-state index in [1.807, 2.05) is 25.2 Å². The molecule has 4 heteroatoms. The molecule has 0 aliphatic heterocycles. The molecular weight excluding hydrogens is 373 g/mol. The van der Waals surface area contributed by atoms with Crippen molar-refractivity contribution in [1.29, 1.82) is 0 Å². The maximum Gasteiger partial charge on any atom is 0.137 e. The summed E-state index contributed by atoms with van der Waals surface area (Å²) in [5, 5.41) is 0. The van der Waals surface area contributed by atoms with Crippen LogP contribution in [0, 0.1) is 5.82 Å². The lowest BCUT2D eigenvalue weighted by Crippen LogP contribution is -2.17. The molecule has 0 radical (unpaired) electrons. The van der Waals surface area contributed by atoms with E-state index in [-0.39, 0.29) is 5.82 Å². The molecule has 0 saturated carbocycles. The van der Waals surface area contributed by atoms with Gasteiger partial charge in [0.1, 0.15) is 5.82 Å². The average Bonchev–Trinajstić information content (AvgIpc) is 2.35. The van der Waals surface area contributed by atoms with Crippen molar-refractivity contribution in [1.82, 2.24) is 4.90 Å². The molecule has 0 atom stereocenters. The Morgan fingerprint density at radius 2 is 1.79 bits per heavy atom. The molecule has 19 heavy (non-hydrogen) atoms. The van der Waals surface area contributed by atoms with Crippen LogP contribution >= 0.6 is 31.9 Å². The molecule has 2 aromatic rings. The van der Waals surface area contributed by atoms with Crippen molar-refractivity contribution in [3.05, 3.63) is 68.4 Å². The molecule has 0 heterocycles. The third-order valence-corrected chi connectivity index (χ3v) is 4.19. The normalized spacial score (nSPS) is 11.0. The van der Waals surface area contributed by atoms with Gasteiger partial charge in [-0.15, -0.1) is 0 Å². The van der Waals surface area contributed by atoms with Crippen molar-refractivity contribution in [2.24, 2.45) is 0 Å². The van der Waals surface area contributed by atoms with Crippen molar-refractivity contribution in [2.45, 2.75) is 13.1 Å². The minimum absolute atomic E-state index is 0.214. The van der Waals surface area contributed by atoms with E-state index in [2.05, 4.69) is 48.9 Å². The van der Waals surface area contributed by atoms with Crippen molar-refractivity contribution >= 4 is 31.9 Å². The summed E-state index contributed by atoms with van der Waals surface area (Å²) >= 11 is 6.76. The smallest absolute Gasteiger partial charge is 0.137 e. The predicted octanol–water partition coefficient (Wildman–Crippen LogP) is 4.98. The summed E-state index contributed by atoms with van der Waals surface area (Å²) in [5.41, 5.74) is 2.18. The summed E-state index contributed by atoms with van der Waals surface area (Å²) in [5.74, 6) is -0.214. The second-order valence-corrected chi connectivity index (χ2v) is 6.22.